The second-order valence-electron chi connectivity index (χ2n) is 2.68. The summed E-state index contributed by atoms with van der Waals surface area (Å²) in [4.78, 5) is 20.5. The summed E-state index contributed by atoms with van der Waals surface area (Å²) < 4.78 is 0. The number of aliphatic carboxylic acids is 1. The number of ketones is 1. The molecule has 0 saturated heterocycles. The van der Waals surface area contributed by atoms with Crippen molar-refractivity contribution < 1.29 is 14.7 Å². The fraction of sp³-hybridized carbons (Fsp3) is 0.400. The zero-order valence-electron chi connectivity index (χ0n) is 7.69. The third-order valence-corrected chi connectivity index (χ3v) is 1.34. The quantitative estimate of drug-likeness (QED) is 0.388. The van der Waals surface area contributed by atoms with E-state index in [-0.39, 0.29) is 12.2 Å². The normalized spacial score (nSPS) is 11.2. The van der Waals surface area contributed by atoms with Crippen molar-refractivity contribution in [2.24, 2.45) is 0 Å². The topological polar surface area (TPSA) is 54.4 Å². The minimum Gasteiger partial charge on any atom is -0.481 e. The molecule has 0 aromatic rings. The largest absolute Gasteiger partial charge is 0.481 e. The molecule has 0 fully saturated rings. The van der Waals surface area contributed by atoms with Crippen molar-refractivity contribution in [3.05, 3.63) is 24.3 Å². The van der Waals surface area contributed by atoms with Crippen molar-refractivity contribution >= 4 is 11.8 Å². The molecule has 0 aliphatic heterocycles. The SMILES string of the molecule is CC(=O)/C=C/C=C/CCCC(=O)O. The molecule has 0 spiro atoms. The Morgan fingerprint density at radius 2 is 2.00 bits per heavy atom. The molecule has 13 heavy (non-hydrogen) atoms. The van der Waals surface area contributed by atoms with Gasteiger partial charge in [0.05, 0.1) is 0 Å². The third-order valence-electron chi connectivity index (χ3n) is 1.34. The number of carboxylic acid groups (broad SMARTS) is 1. The molecule has 0 radical (unpaired) electrons. The van der Waals surface area contributed by atoms with Gasteiger partial charge >= 0.3 is 5.97 Å². The highest BCUT2D eigenvalue weighted by Crippen LogP contribution is 1.96. The fourth-order valence-corrected chi connectivity index (χ4v) is 0.737. The molecule has 0 aromatic heterocycles. The predicted molar refractivity (Wildman–Crippen MR) is 50.4 cm³/mol. The summed E-state index contributed by atoms with van der Waals surface area (Å²) in [5, 5.41) is 8.31. The van der Waals surface area contributed by atoms with Gasteiger partial charge in [0, 0.05) is 6.42 Å². The van der Waals surface area contributed by atoms with E-state index in [0.717, 1.165) is 6.42 Å². The Morgan fingerprint density at radius 1 is 1.31 bits per heavy atom. The summed E-state index contributed by atoms with van der Waals surface area (Å²) in [5.74, 6) is -0.761. The third kappa shape index (κ3) is 10.6. The van der Waals surface area contributed by atoms with E-state index in [0.29, 0.717) is 6.42 Å². The van der Waals surface area contributed by atoms with Gasteiger partial charge in [-0.05, 0) is 25.8 Å². The van der Waals surface area contributed by atoms with Crippen LogP contribution in [0.4, 0.5) is 0 Å². The standard InChI is InChI=1S/C10H14O3/c1-9(11)7-5-3-2-4-6-8-10(12)13/h2-3,5,7H,4,6,8H2,1H3,(H,12,13)/b3-2+,7-5+. The lowest BCUT2D eigenvalue weighted by atomic mass is 10.2. The van der Waals surface area contributed by atoms with Crippen LogP contribution in [0, 0.1) is 0 Å². The van der Waals surface area contributed by atoms with Gasteiger partial charge in [0.15, 0.2) is 5.78 Å². The molecule has 0 unspecified atom stereocenters. The van der Waals surface area contributed by atoms with E-state index in [9.17, 15) is 9.59 Å². The van der Waals surface area contributed by atoms with Gasteiger partial charge in [0.1, 0.15) is 0 Å². The number of carbonyl (C=O) groups is 2. The highest BCUT2D eigenvalue weighted by molar-refractivity contribution is 5.87. The maximum atomic E-state index is 10.4. The first-order valence-electron chi connectivity index (χ1n) is 4.18. The molecule has 0 aliphatic rings. The number of hydrogen-bond donors (Lipinski definition) is 1. The van der Waals surface area contributed by atoms with Crippen LogP contribution in [0.2, 0.25) is 0 Å². The minimum absolute atomic E-state index is 0.00943. The molecule has 3 nitrogen and oxygen atoms in total. The van der Waals surface area contributed by atoms with Crippen molar-refractivity contribution in [2.75, 3.05) is 0 Å². The smallest absolute Gasteiger partial charge is 0.303 e. The fourth-order valence-electron chi connectivity index (χ4n) is 0.737. The summed E-state index contributed by atoms with van der Waals surface area (Å²) >= 11 is 0. The van der Waals surface area contributed by atoms with Crippen molar-refractivity contribution in [2.45, 2.75) is 26.2 Å². The van der Waals surface area contributed by atoms with Crippen LogP contribution in [0.5, 0.6) is 0 Å². The lowest BCUT2D eigenvalue weighted by Gasteiger charge is -1.88. The Balaban J connectivity index is 3.42. The van der Waals surface area contributed by atoms with Crippen molar-refractivity contribution in [3.63, 3.8) is 0 Å². The lowest BCUT2D eigenvalue weighted by molar-refractivity contribution is -0.137. The van der Waals surface area contributed by atoms with E-state index < -0.39 is 5.97 Å². The van der Waals surface area contributed by atoms with E-state index >= 15 is 0 Å². The summed E-state index contributed by atoms with van der Waals surface area (Å²) in [6, 6.07) is 0. The molecule has 0 saturated carbocycles. The number of rotatable bonds is 6. The van der Waals surface area contributed by atoms with E-state index in [1.54, 1.807) is 12.2 Å². The first kappa shape index (κ1) is 11.6. The van der Waals surface area contributed by atoms with Crippen LogP contribution in [-0.4, -0.2) is 16.9 Å². The van der Waals surface area contributed by atoms with E-state index in [1.807, 2.05) is 6.08 Å². The number of allylic oxidation sites excluding steroid dienone is 4. The molecule has 0 atom stereocenters. The molecule has 1 N–H and O–H groups in total. The lowest BCUT2D eigenvalue weighted by Crippen LogP contribution is -1.92. The van der Waals surface area contributed by atoms with Crippen LogP contribution >= 0.6 is 0 Å². The van der Waals surface area contributed by atoms with Gasteiger partial charge in [-0.1, -0.05) is 18.2 Å². The van der Waals surface area contributed by atoms with Gasteiger partial charge < -0.3 is 5.11 Å². The van der Waals surface area contributed by atoms with Crippen molar-refractivity contribution in [1.82, 2.24) is 0 Å². The van der Waals surface area contributed by atoms with Crippen LogP contribution in [0.15, 0.2) is 24.3 Å². The molecular weight excluding hydrogens is 168 g/mol. The predicted octanol–water partition coefficient (Wildman–Crippen LogP) is 1.94. The molecule has 0 aliphatic carbocycles. The second-order valence-corrected chi connectivity index (χ2v) is 2.68. The highest BCUT2D eigenvalue weighted by Gasteiger charge is 1.92. The van der Waals surface area contributed by atoms with E-state index in [4.69, 9.17) is 5.11 Å². The monoisotopic (exact) mass is 182 g/mol. The van der Waals surface area contributed by atoms with E-state index in [2.05, 4.69) is 0 Å². The van der Waals surface area contributed by atoms with Crippen LogP contribution in [-0.2, 0) is 9.59 Å². The van der Waals surface area contributed by atoms with Crippen LogP contribution in [0.3, 0.4) is 0 Å². The molecule has 0 heterocycles. The van der Waals surface area contributed by atoms with Gasteiger partial charge in [-0.15, -0.1) is 0 Å². The van der Waals surface area contributed by atoms with E-state index in [1.165, 1.54) is 13.0 Å². The molecular formula is C10H14O3. The Hall–Kier alpha value is -1.38. The number of hydrogen-bond acceptors (Lipinski definition) is 2. The number of carboxylic acids is 1. The summed E-state index contributed by atoms with van der Waals surface area (Å²) in [5.41, 5.74) is 0. The minimum atomic E-state index is -0.771. The Morgan fingerprint density at radius 3 is 2.54 bits per heavy atom. The molecule has 0 rings (SSSR count). The van der Waals surface area contributed by atoms with Crippen LogP contribution in [0.25, 0.3) is 0 Å². The Labute approximate surface area is 77.8 Å². The summed E-state index contributed by atoms with van der Waals surface area (Å²) in [6.45, 7) is 1.48. The maximum absolute atomic E-state index is 10.4. The molecule has 0 bridgehead atoms. The van der Waals surface area contributed by atoms with Gasteiger partial charge in [-0.25, -0.2) is 0 Å². The van der Waals surface area contributed by atoms with Crippen molar-refractivity contribution in [1.29, 1.82) is 0 Å². The Bertz CT molecular complexity index is 226. The zero-order valence-corrected chi connectivity index (χ0v) is 7.69. The molecule has 0 aromatic carbocycles. The number of unbranched alkanes of at least 4 members (excludes halogenated alkanes) is 1. The van der Waals surface area contributed by atoms with Crippen LogP contribution in [0.1, 0.15) is 26.2 Å². The second kappa shape index (κ2) is 7.28. The average Bonchev–Trinajstić information content (AvgIpc) is 2.01. The highest BCUT2D eigenvalue weighted by atomic mass is 16.4. The van der Waals surface area contributed by atoms with Gasteiger partial charge in [-0.2, -0.15) is 0 Å². The molecule has 72 valence electrons. The van der Waals surface area contributed by atoms with Crippen LogP contribution < -0.4 is 0 Å². The van der Waals surface area contributed by atoms with Gasteiger partial charge in [0.2, 0.25) is 0 Å². The first-order valence-corrected chi connectivity index (χ1v) is 4.18. The maximum Gasteiger partial charge on any atom is 0.303 e. The molecule has 0 amide bonds. The molecule has 3 heteroatoms. The Kier molecular flexibility index (Phi) is 6.51. The number of carbonyl (C=O) groups excluding carboxylic acids is 1. The zero-order chi connectivity index (χ0) is 10.1. The summed E-state index contributed by atoms with van der Waals surface area (Å²) in [6.07, 6.45) is 8.29. The van der Waals surface area contributed by atoms with Gasteiger partial charge in [0.25, 0.3) is 0 Å². The average molecular weight is 182 g/mol. The summed E-state index contributed by atoms with van der Waals surface area (Å²) in [7, 11) is 0. The first-order chi connectivity index (χ1) is 6.13. The van der Waals surface area contributed by atoms with Crippen molar-refractivity contribution in [3.8, 4) is 0 Å². The van der Waals surface area contributed by atoms with Gasteiger partial charge in [-0.3, -0.25) is 9.59 Å².